The molecule has 0 fully saturated rings. The Labute approximate surface area is 97.8 Å². The van der Waals surface area contributed by atoms with Crippen molar-refractivity contribution in [3.05, 3.63) is 60.9 Å². The van der Waals surface area contributed by atoms with E-state index in [4.69, 9.17) is 2.74 Å². The standard InChI is InChI=1S/C14H12N2/c1-3-11-5-7-13(15-9-11)14-8-6-12(4-2)10-16-14/h3-10H,1-2H2/i1D,2D. The summed E-state index contributed by atoms with van der Waals surface area (Å²) in [6.07, 6.45) is 6.76. The number of rotatable bonds is 3. The Kier molecular flexibility index (Phi) is 2.26. The van der Waals surface area contributed by atoms with E-state index in [0.717, 1.165) is 22.5 Å². The summed E-state index contributed by atoms with van der Waals surface area (Å²) in [5.74, 6) is 0. The summed E-state index contributed by atoms with van der Waals surface area (Å²) in [7, 11) is 0. The normalized spacial score (nSPS) is 13.0. The fourth-order valence-corrected chi connectivity index (χ4v) is 1.31. The molecule has 0 aliphatic heterocycles. The first-order chi connectivity index (χ1) is 8.83. The third-order valence-corrected chi connectivity index (χ3v) is 2.22. The molecule has 78 valence electrons. The maximum atomic E-state index is 6.98. The third kappa shape index (κ3) is 2.06. The molecule has 2 heterocycles. The lowest BCUT2D eigenvalue weighted by molar-refractivity contribution is 1.24. The van der Waals surface area contributed by atoms with Gasteiger partial charge in [-0.15, -0.1) is 0 Å². The second-order valence-corrected chi connectivity index (χ2v) is 3.29. The van der Waals surface area contributed by atoms with Crippen molar-refractivity contribution in [1.29, 1.82) is 0 Å². The van der Waals surface area contributed by atoms with Crippen LogP contribution < -0.4 is 0 Å². The lowest BCUT2D eigenvalue weighted by Crippen LogP contribution is -1.87. The summed E-state index contributed by atoms with van der Waals surface area (Å²) < 4.78 is 14.0. The molecule has 0 aromatic carbocycles. The van der Waals surface area contributed by atoms with Crippen LogP contribution in [-0.2, 0) is 0 Å². The maximum Gasteiger partial charge on any atom is 0.0886 e. The molecule has 0 unspecified atom stereocenters. The molecule has 0 atom stereocenters. The summed E-state index contributed by atoms with van der Waals surface area (Å²) >= 11 is 0. The SMILES string of the molecule is [2H]C=Cc1ccc(-c2ccc(C=C[2H])cn2)nc1. The van der Waals surface area contributed by atoms with Crippen LogP contribution >= 0.6 is 0 Å². The van der Waals surface area contributed by atoms with Gasteiger partial charge in [0, 0.05) is 12.4 Å². The summed E-state index contributed by atoms with van der Waals surface area (Å²) in [5, 5.41) is 0. The smallest absolute Gasteiger partial charge is 0.0886 e. The number of aromatic nitrogens is 2. The fraction of sp³-hybridized carbons (Fsp3) is 0. The molecule has 2 rings (SSSR count). The lowest BCUT2D eigenvalue weighted by Gasteiger charge is -2.00. The van der Waals surface area contributed by atoms with Gasteiger partial charge in [0.2, 0.25) is 0 Å². The molecule has 0 amide bonds. The van der Waals surface area contributed by atoms with Crippen LogP contribution in [0.1, 0.15) is 13.9 Å². The zero-order chi connectivity index (χ0) is 12.8. The molecule has 0 N–H and O–H groups in total. The van der Waals surface area contributed by atoms with Crippen molar-refractivity contribution in [3.63, 3.8) is 0 Å². The number of hydrogen-bond acceptors (Lipinski definition) is 2. The molecule has 0 spiro atoms. The first kappa shape index (κ1) is 7.99. The molecule has 2 nitrogen and oxygen atoms in total. The van der Waals surface area contributed by atoms with Crippen LogP contribution in [0.4, 0.5) is 0 Å². The Morgan fingerprint density at radius 2 is 1.38 bits per heavy atom. The minimum absolute atomic E-state index is 0.790. The van der Waals surface area contributed by atoms with Gasteiger partial charge in [-0.2, -0.15) is 0 Å². The molecule has 0 aliphatic carbocycles. The van der Waals surface area contributed by atoms with Crippen molar-refractivity contribution in [2.75, 3.05) is 0 Å². The van der Waals surface area contributed by atoms with E-state index in [9.17, 15) is 0 Å². The minimum Gasteiger partial charge on any atom is -0.254 e. The van der Waals surface area contributed by atoms with Gasteiger partial charge >= 0.3 is 0 Å². The van der Waals surface area contributed by atoms with Gasteiger partial charge in [-0.05, 0) is 23.3 Å². The van der Waals surface area contributed by atoms with Gasteiger partial charge in [0.05, 0.1) is 14.1 Å². The second-order valence-electron chi connectivity index (χ2n) is 3.29. The highest BCUT2D eigenvalue weighted by atomic mass is 14.8. The predicted octanol–water partition coefficient (Wildman–Crippen LogP) is 3.43. The lowest BCUT2D eigenvalue weighted by atomic mass is 10.2. The van der Waals surface area contributed by atoms with Crippen LogP contribution in [0.15, 0.2) is 49.8 Å². The molecule has 2 heteroatoms. The molecule has 2 aromatic heterocycles. The van der Waals surface area contributed by atoms with Crippen LogP contribution in [-0.4, -0.2) is 9.97 Å². The molecular weight excluding hydrogens is 196 g/mol. The Morgan fingerprint density at radius 3 is 1.69 bits per heavy atom. The van der Waals surface area contributed by atoms with Gasteiger partial charge in [-0.25, -0.2) is 0 Å². The Bertz CT molecular complexity index is 504. The minimum atomic E-state index is 0.790. The Balaban J connectivity index is 2.25. The van der Waals surface area contributed by atoms with Gasteiger partial charge in [0.25, 0.3) is 0 Å². The highest BCUT2D eigenvalue weighted by Crippen LogP contribution is 2.15. The number of pyridine rings is 2. The first-order valence-electron chi connectivity index (χ1n) is 6.01. The first-order valence-corrected chi connectivity index (χ1v) is 4.86. The summed E-state index contributed by atoms with van der Waals surface area (Å²) in [6, 6.07) is 7.54. The van der Waals surface area contributed by atoms with Crippen molar-refractivity contribution in [1.82, 2.24) is 9.97 Å². The van der Waals surface area contributed by atoms with E-state index in [1.54, 1.807) is 24.5 Å². The predicted molar refractivity (Wildman–Crippen MR) is 67.7 cm³/mol. The zero-order valence-electron chi connectivity index (χ0n) is 10.7. The van der Waals surface area contributed by atoms with Crippen LogP contribution in [0.25, 0.3) is 23.5 Å². The van der Waals surface area contributed by atoms with Crippen molar-refractivity contribution < 1.29 is 2.74 Å². The van der Waals surface area contributed by atoms with E-state index in [1.807, 2.05) is 24.3 Å². The van der Waals surface area contributed by atoms with Crippen molar-refractivity contribution in [2.45, 2.75) is 0 Å². The molecule has 0 bridgehead atoms. The van der Waals surface area contributed by atoms with E-state index < -0.39 is 0 Å². The highest BCUT2D eigenvalue weighted by Gasteiger charge is 1.99. The van der Waals surface area contributed by atoms with Crippen LogP contribution in [0.5, 0.6) is 0 Å². The fourth-order valence-electron chi connectivity index (χ4n) is 1.31. The summed E-state index contributed by atoms with van der Waals surface area (Å²) in [6.45, 7) is 2.47. The van der Waals surface area contributed by atoms with Crippen molar-refractivity contribution in [2.24, 2.45) is 0 Å². The Hall–Kier alpha value is -2.22. The van der Waals surface area contributed by atoms with Gasteiger partial charge < -0.3 is 0 Å². The largest absolute Gasteiger partial charge is 0.254 e. The highest BCUT2D eigenvalue weighted by molar-refractivity contribution is 5.58. The molecule has 16 heavy (non-hydrogen) atoms. The topological polar surface area (TPSA) is 25.8 Å². The van der Waals surface area contributed by atoms with Gasteiger partial charge in [0.1, 0.15) is 0 Å². The van der Waals surface area contributed by atoms with Crippen molar-refractivity contribution >= 4 is 12.2 Å². The van der Waals surface area contributed by atoms with E-state index >= 15 is 0 Å². The summed E-state index contributed by atoms with van der Waals surface area (Å²) in [5.41, 5.74) is 3.36. The Morgan fingerprint density at radius 1 is 0.875 bits per heavy atom. The van der Waals surface area contributed by atoms with Crippen LogP contribution in [0.2, 0.25) is 0 Å². The zero-order valence-corrected chi connectivity index (χ0v) is 8.67. The molecule has 2 aromatic rings. The third-order valence-electron chi connectivity index (χ3n) is 2.22. The molecule has 0 saturated carbocycles. The quantitative estimate of drug-likeness (QED) is 0.775. The van der Waals surface area contributed by atoms with Crippen LogP contribution in [0, 0.1) is 0 Å². The van der Waals surface area contributed by atoms with E-state index in [-0.39, 0.29) is 0 Å². The van der Waals surface area contributed by atoms with Crippen LogP contribution in [0.3, 0.4) is 0 Å². The van der Waals surface area contributed by atoms with Gasteiger partial charge in [-0.3, -0.25) is 9.97 Å². The van der Waals surface area contributed by atoms with Crippen molar-refractivity contribution in [3.8, 4) is 11.4 Å². The molecule has 0 saturated heterocycles. The van der Waals surface area contributed by atoms with Gasteiger partial charge in [-0.1, -0.05) is 37.4 Å². The average Bonchev–Trinajstić information content (AvgIpc) is 2.41. The van der Waals surface area contributed by atoms with E-state index in [2.05, 4.69) is 9.97 Å². The second kappa shape index (κ2) is 4.53. The molecule has 0 aliphatic rings. The molecular formula is C14H12N2. The molecule has 0 radical (unpaired) electrons. The van der Waals surface area contributed by atoms with E-state index in [0.29, 0.717) is 0 Å². The van der Waals surface area contributed by atoms with E-state index in [1.165, 1.54) is 13.1 Å². The number of hydrogen-bond donors (Lipinski definition) is 0. The summed E-state index contributed by atoms with van der Waals surface area (Å²) in [4.78, 5) is 8.58. The average molecular weight is 210 g/mol. The monoisotopic (exact) mass is 210 g/mol. The maximum absolute atomic E-state index is 6.98. The number of nitrogens with zero attached hydrogens (tertiary/aromatic N) is 2. The van der Waals surface area contributed by atoms with Gasteiger partial charge in [0.15, 0.2) is 0 Å².